The fourth-order valence-electron chi connectivity index (χ4n) is 4.44. The van der Waals surface area contributed by atoms with Gasteiger partial charge in [0.2, 0.25) is 0 Å². The van der Waals surface area contributed by atoms with Gasteiger partial charge in [-0.2, -0.15) is 0 Å². The van der Waals surface area contributed by atoms with Crippen LogP contribution < -0.4 is 13.8 Å². The van der Waals surface area contributed by atoms with Crippen LogP contribution in [-0.4, -0.2) is 17.7 Å². The van der Waals surface area contributed by atoms with Gasteiger partial charge in [0, 0.05) is 0 Å². The fraction of sp³-hybridized carbons (Fsp3) is 0.261. The van der Waals surface area contributed by atoms with E-state index in [9.17, 15) is 7.67 Å². The molecule has 3 heterocycles. The summed E-state index contributed by atoms with van der Waals surface area (Å²) in [7, 11) is 0. The summed E-state index contributed by atoms with van der Waals surface area (Å²) < 4.78 is 28.0. The normalized spacial score (nSPS) is 17.7. The summed E-state index contributed by atoms with van der Waals surface area (Å²) in [5.41, 5.74) is 4.43. The molecule has 4 nitrogen and oxygen atoms in total. The number of hydrogen-bond donors (Lipinski definition) is 0. The van der Waals surface area contributed by atoms with Gasteiger partial charge < -0.3 is 0 Å². The Balaban J connectivity index is 1.96. The molecule has 0 unspecified atom stereocenters. The molecule has 5 heteroatoms. The van der Waals surface area contributed by atoms with E-state index in [0.29, 0.717) is 14.8 Å². The number of nitrogens with zero attached hydrogens (tertiary/aromatic N) is 2. The summed E-state index contributed by atoms with van der Waals surface area (Å²) in [6.07, 6.45) is 1.78. The van der Waals surface area contributed by atoms with E-state index in [4.69, 9.17) is 4.98 Å². The second kappa shape index (κ2) is 5.53. The molecule has 0 bridgehead atoms. The number of rotatable bonds is 1. The molecule has 0 saturated carbocycles. The summed E-state index contributed by atoms with van der Waals surface area (Å²) in [6.45, 7) is 8.52. The van der Waals surface area contributed by atoms with Gasteiger partial charge >= 0.3 is 167 Å². The zero-order chi connectivity index (χ0) is 19.8. The molecule has 3 aromatic rings. The van der Waals surface area contributed by atoms with Gasteiger partial charge in [0.15, 0.2) is 0 Å². The van der Waals surface area contributed by atoms with Crippen molar-refractivity contribution < 1.29 is 7.67 Å². The van der Waals surface area contributed by atoms with Gasteiger partial charge in [0.1, 0.15) is 0 Å². The number of aromatic nitrogens is 1. The van der Waals surface area contributed by atoms with E-state index in [-0.39, 0.29) is 5.41 Å². The average molecular weight is 437 g/mol. The first-order valence-corrected chi connectivity index (χ1v) is 12.6. The van der Waals surface area contributed by atoms with Gasteiger partial charge in [0.05, 0.1) is 0 Å². The van der Waals surface area contributed by atoms with Crippen LogP contribution in [0.1, 0.15) is 50.3 Å². The molecule has 2 aliphatic heterocycles. The molecular weight excluding hydrogens is 415 g/mol. The zero-order valence-electron chi connectivity index (χ0n) is 16.4. The topological polar surface area (TPSA) is 50.3 Å². The maximum absolute atomic E-state index is 13.6. The molecule has 0 spiro atoms. The van der Waals surface area contributed by atoms with Gasteiger partial charge in [-0.05, 0) is 0 Å². The third kappa shape index (κ3) is 2.09. The van der Waals surface area contributed by atoms with Crippen LogP contribution >= 0.6 is 0 Å². The molecule has 5 rings (SSSR count). The number of para-hydroxylation sites is 1. The first-order chi connectivity index (χ1) is 13.2. The Morgan fingerprint density at radius 1 is 0.964 bits per heavy atom. The number of pyridine rings is 1. The molecule has 1 aromatic heterocycles. The minimum absolute atomic E-state index is 0.308. The van der Waals surface area contributed by atoms with Crippen LogP contribution in [-0.2, 0) is 13.1 Å². The molecule has 2 aliphatic rings. The Hall–Kier alpha value is -2.49. The molecule has 0 saturated heterocycles. The average Bonchev–Trinajstić information content (AvgIpc) is 2.67. The molecule has 0 atom stereocenters. The molecule has 0 aliphatic carbocycles. The summed E-state index contributed by atoms with van der Waals surface area (Å²) in [4.78, 5) is 6.77. The summed E-state index contributed by atoms with van der Waals surface area (Å²) >= 11 is -4.52. The van der Waals surface area contributed by atoms with Crippen molar-refractivity contribution in [1.82, 2.24) is 4.98 Å². The number of anilines is 3. The molecule has 0 amide bonds. The van der Waals surface area contributed by atoms with E-state index in [2.05, 4.69) is 38.7 Å². The van der Waals surface area contributed by atoms with Crippen molar-refractivity contribution in [3.05, 3.63) is 71.4 Å². The van der Waals surface area contributed by atoms with Crippen molar-refractivity contribution >= 4 is 38.8 Å². The molecule has 2 aromatic carbocycles. The third-order valence-electron chi connectivity index (χ3n) is 6.04. The molecular formula is C23H22N2O2Se. The fourth-order valence-corrected chi connectivity index (χ4v) is 7.84. The summed E-state index contributed by atoms with van der Waals surface area (Å²) in [5, 5.41) is 0. The van der Waals surface area contributed by atoms with E-state index >= 15 is 0 Å². The quantitative estimate of drug-likeness (QED) is 0.422. The Bertz CT molecular complexity index is 1240. The Kier molecular flexibility index (Phi) is 3.47. The number of hydrogen-bond acceptors (Lipinski definition) is 4. The van der Waals surface area contributed by atoms with Crippen LogP contribution in [0.2, 0.25) is 0 Å². The van der Waals surface area contributed by atoms with Gasteiger partial charge in [-0.25, -0.2) is 0 Å². The first kappa shape index (κ1) is 17.6. The van der Waals surface area contributed by atoms with Crippen LogP contribution in [0, 0.1) is 0 Å². The van der Waals surface area contributed by atoms with Crippen molar-refractivity contribution in [2.24, 2.45) is 0 Å². The summed E-state index contributed by atoms with van der Waals surface area (Å²) in [5.74, 6) is 1.13. The van der Waals surface area contributed by atoms with E-state index in [1.165, 1.54) is 0 Å². The van der Waals surface area contributed by atoms with E-state index in [1.807, 2.05) is 30.3 Å². The van der Waals surface area contributed by atoms with E-state index in [0.717, 1.165) is 33.9 Å². The zero-order valence-corrected chi connectivity index (χ0v) is 18.1. The SMILES string of the molecule is CC(C)c1ccc2c(c1)N1c3ncccc3C(C)(C)c3cccc(c31)[Se]2(=O)=O. The van der Waals surface area contributed by atoms with Gasteiger partial charge in [-0.1, -0.05) is 0 Å². The Labute approximate surface area is 166 Å². The van der Waals surface area contributed by atoms with Gasteiger partial charge in [-0.15, -0.1) is 0 Å². The molecule has 28 heavy (non-hydrogen) atoms. The first-order valence-electron chi connectivity index (χ1n) is 9.52. The van der Waals surface area contributed by atoms with Crippen molar-refractivity contribution in [1.29, 1.82) is 0 Å². The van der Waals surface area contributed by atoms with Crippen molar-refractivity contribution in [2.75, 3.05) is 4.90 Å². The molecule has 142 valence electrons. The van der Waals surface area contributed by atoms with Crippen LogP contribution in [0.5, 0.6) is 0 Å². The van der Waals surface area contributed by atoms with Crippen molar-refractivity contribution in [2.45, 2.75) is 39.0 Å². The van der Waals surface area contributed by atoms with Crippen LogP contribution in [0.15, 0.2) is 54.7 Å². The minimum atomic E-state index is -4.52. The van der Waals surface area contributed by atoms with Crippen molar-refractivity contribution in [3.63, 3.8) is 0 Å². The predicted molar refractivity (Wildman–Crippen MR) is 112 cm³/mol. The van der Waals surface area contributed by atoms with Crippen LogP contribution in [0.4, 0.5) is 17.2 Å². The Morgan fingerprint density at radius 3 is 2.46 bits per heavy atom. The monoisotopic (exact) mass is 438 g/mol. The van der Waals surface area contributed by atoms with Gasteiger partial charge in [0.25, 0.3) is 0 Å². The van der Waals surface area contributed by atoms with Crippen molar-refractivity contribution in [3.8, 4) is 0 Å². The van der Waals surface area contributed by atoms with Gasteiger partial charge in [-0.3, -0.25) is 0 Å². The van der Waals surface area contributed by atoms with Crippen LogP contribution in [0.25, 0.3) is 0 Å². The third-order valence-corrected chi connectivity index (χ3v) is 9.88. The second-order valence-electron chi connectivity index (χ2n) is 8.37. The van der Waals surface area contributed by atoms with E-state index in [1.54, 1.807) is 18.3 Å². The standard InChI is InChI=1S/C23H22N2O2Se/c1-14(2)15-10-11-19-18(13-15)25-21-16(7-5-9-20(21)28(19,26)27)23(3,4)17-8-6-12-24-22(17)25/h5-14H,1-4H3. The van der Waals surface area contributed by atoms with Crippen LogP contribution in [0.3, 0.4) is 0 Å². The summed E-state index contributed by atoms with van der Waals surface area (Å²) in [6, 6.07) is 15.5. The second-order valence-corrected chi connectivity index (χ2v) is 12.3. The molecule has 0 fully saturated rings. The molecule has 0 radical (unpaired) electrons. The number of benzene rings is 2. The Morgan fingerprint density at radius 2 is 1.71 bits per heavy atom. The molecule has 0 N–H and O–H groups in total. The maximum atomic E-state index is 13.6. The predicted octanol–water partition coefficient (Wildman–Crippen LogP) is 4.04. The van der Waals surface area contributed by atoms with E-state index < -0.39 is 12.7 Å². The number of fused-ring (bicyclic) bond motifs is 4.